The summed E-state index contributed by atoms with van der Waals surface area (Å²) in [6.07, 6.45) is 1.62. The molecule has 0 radical (unpaired) electrons. The molecule has 0 aromatic heterocycles. The van der Waals surface area contributed by atoms with Gasteiger partial charge < -0.3 is 5.11 Å². The Kier molecular flexibility index (Phi) is 3.27. The van der Waals surface area contributed by atoms with Crippen molar-refractivity contribution in [2.75, 3.05) is 0 Å². The summed E-state index contributed by atoms with van der Waals surface area (Å²) in [6, 6.07) is 15.5. The molecule has 20 heavy (non-hydrogen) atoms. The molecule has 2 nitrogen and oxygen atoms in total. The van der Waals surface area contributed by atoms with Crippen LogP contribution in [0, 0.1) is 5.41 Å². The molecule has 0 saturated carbocycles. The van der Waals surface area contributed by atoms with Gasteiger partial charge in [-0.2, -0.15) is 0 Å². The van der Waals surface area contributed by atoms with E-state index in [1.54, 1.807) is 0 Å². The number of carbonyl (C=O) groups is 1. The van der Waals surface area contributed by atoms with Crippen LogP contribution in [-0.2, 0) is 24.1 Å². The molecule has 0 bridgehead atoms. The highest BCUT2D eigenvalue weighted by Gasteiger charge is 2.44. The monoisotopic (exact) mass is 286 g/mol. The van der Waals surface area contributed by atoms with Crippen molar-refractivity contribution in [1.82, 2.24) is 0 Å². The highest BCUT2D eigenvalue weighted by molar-refractivity contribution is 6.31. The lowest BCUT2D eigenvalue weighted by molar-refractivity contribution is -0.148. The van der Waals surface area contributed by atoms with Crippen LogP contribution in [0.5, 0.6) is 0 Å². The summed E-state index contributed by atoms with van der Waals surface area (Å²) >= 11 is 6.19. The first-order chi connectivity index (χ1) is 9.61. The van der Waals surface area contributed by atoms with Crippen molar-refractivity contribution in [3.05, 3.63) is 70.2 Å². The smallest absolute Gasteiger partial charge is 0.310 e. The third-order valence-electron chi connectivity index (χ3n) is 4.12. The molecule has 102 valence electrons. The highest BCUT2D eigenvalue weighted by atomic mass is 35.5. The summed E-state index contributed by atoms with van der Waals surface area (Å²) in [5, 5.41) is 10.4. The zero-order valence-corrected chi connectivity index (χ0v) is 11.7. The van der Waals surface area contributed by atoms with Gasteiger partial charge in [0.2, 0.25) is 0 Å². The lowest BCUT2D eigenvalue weighted by atomic mass is 9.79. The fourth-order valence-corrected chi connectivity index (χ4v) is 3.25. The van der Waals surface area contributed by atoms with Gasteiger partial charge in [0, 0.05) is 5.02 Å². The van der Waals surface area contributed by atoms with Crippen LogP contribution in [0.4, 0.5) is 0 Å². The number of carboxylic acid groups (broad SMARTS) is 1. The Morgan fingerprint density at radius 1 is 1.05 bits per heavy atom. The second-order valence-electron chi connectivity index (χ2n) is 5.48. The van der Waals surface area contributed by atoms with E-state index in [1.807, 2.05) is 48.5 Å². The predicted molar refractivity (Wildman–Crippen MR) is 79.1 cm³/mol. The van der Waals surface area contributed by atoms with E-state index in [9.17, 15) is 9.90 Å². The van der Waals surface area contributed by atoms with Gasteiger partial charge in [-0.1, -0.05) is 54.1 Å². The van der Waals surface area contributed by atoms with E-state index in [2.05, 4.69) is 0 Å². The number of carboxylic acids is 1. The lowest BCUT2D eigenvalue weighted by Crippen LogP contribution is -2.34. The normalized spacial score (nSPS) is 15.8. The molecule has 0 fully saturated rings. The Balaban J connectivity index is 1.96. The minimum absolute atomic E-state index is 0.469. The molecule has 0 amide bonds. The molecule has 0 aliphatic heterocycles. The fraction of sp³-hybridized carbons (Fsp3) is 0.235. The first-order valence-corrected chi connectivity index (χ1v) is 7.02. The molecule has 1 N–H and O–H groups in total. The second kappa shape index (κ2) is 4.95. The molecule has 1 aliphatic rings. The molecule has 0 atom stereocenters. The number of hydrogen-bond acceptors (Lipinski definition) is 1. The van der Waals surface area contributed by atoms with E-state index >= 15 is 0 Å². The van der Waals surface area contributed by atoms with E-state index in [-0.39, 0.29) is 0 Å². The minimum Gasteiger partial charge on any atom is -0.481 e. The van der Waals surface area contributed by atoms with Gasteiger partial charge in [-0.25, -0.2) is 0 Å². The molecule has 3 heteroatoms. The molecule has 3 rings (SSSR count). The molecular weight excluding hydrogens is 272 g/mol. The van der Waals surface area contributed by atoms with Gasteiger partial charge >= 0.3 is 5.97 Å². The average Bonchev–Trinajstić information content (AvgIpc) is 2.81. The van der Waals surface area contributed by atoms with Crippen LogP contribution in [-0.4, -0.2) is 11.1 Å². The zero-order valence-electron chi connectivity index (χ0n) is 11.0. The van der Waals surface area contributed by atoms with Gasteiger partial charge in [0.15, 0.2) is 0 Å². The molecule has 0 heterocycles. The number of aliphatic carboxylic acids is 1. The molecule has 2 aromatic carbocycles. The van der Waals surface area contributed by atoms with Crippen LogP contribution in [0.1, 0.15) is 16.7 Å². The van der Waals surface area contributed by atoms with E-state index in [4.69, 9.17) is 11.6 Å². The van der Waals surface area contributed by atoms with Crippen molar-refractivity contribution >= 4 is 17.6 Å². The minimum atomic E-state index is -0.769. The van der Waals surface area contributed by atoms with Crippen molar-refractivity contribution in [1.29, 1.82) is 0 Å². The van der Waals surface area contributed by atoms with Crippen LogP contribution in [0.25, 0.3) is 0 Å². The van der Waals surface area contributed by atoms with Gasteiger partial charge in [-0.3, -0.25) is 4.79 Å². The average molecular weight is 287 g/mol. The Morgan fingerprint density at radius 3 is 2.15 bits per heavy atom. The second-order valence-corrected chi connectivity index (χ2v) is 5.88. The Bertz CT molecular complexity index is 639. The predicted octanol–water partition coefficient (Wildman–Crippen LogP) is 3.75. The van der Waals surface area contributed by atoms with Gasteiger partial charge in [0.1, 0.15) is 0 Å². The van der Waals surface area contributed by atoms with Gasteiger partial charge in [0.05, 0.1) is 5.41 Å². The van der Waals surface area contributed by atoms with E-state index < -0.39 is 11.4 Å². The maximum atomic E-state index is 11.9. The van der Waals surface area contributed by atoms with E-state index in [1.165, 1.54) is 0 Å². The van der Waals surface area contributed by atoms with Crippen molar-refractivity contribution in [3.63, 3.8) is 0 Å². The van der Waals surface area contributed by atoms with E-state index in [0.29, 0.717) is 24.3 Å². The summed E-state index contributed by atoms with van der Waals surface area (Å²) in [6.45, 7) is 0. The van der Waals surface area contributed by atoms with Crippen LogP contribution in [0.15, 0.2) is 48.5 Å². The molecule has 1 aliphatic carbocycles. The van der Waals surface area contributed by atoms with Crippen molar-refractivity contribution in [2.24, 2.45) is 5.41 Å². The largest absolute Gasteiger partial charge is 0.481 e. The SMILES string of the molecule is O=C(O)C1(Cc2ccccc2Cl)Cc2ccccc2C1. The number of hydrogen-bond donors (Lipinski definition) is 1. The summed E-state index contributed by atoms with van der Waals surface area (Å²) in [5.41, 5.74) is 2.42. The van der Waals surface area contributed by atoms with Crippen LogP contribution in [0.2, 0.25) is 5.02 Å². The molecule has 0 saturated heterocycles. The summed E-state index contributed by atoms with van der Waals surface area (Å²) in [4.78, 5) is 11.9. The Hall–Kier alpha value is -1.80. The van der Waals surface area contributed by atoms with Gasteiger partial charge in [-0.05, 0) is 42.0 Å². The number of rotatable bonds is 3. The molecular formula is C17H15ClO2. The first kappa shape index (κ1) is 13.2. The van der Waals surface area contributed by atoms with Crippen molar-refractivity contribution in [2.45, 2.75) is 19.3 Å². The van der Waals surface area contributed by atoms with Gasteiger partial charge in [-0.15, -0.1) is 0 Å². The van der Waals surface area contributed by atoms with Crippen molar-refractivity contribution < 1.29 is 9.90 Å². The highest BCUT2D eigenvalue weighted by Crippen LogP contribution is 2.40. The summed E-state index contributed by atoms with van der Waals surface area (Å²) in [7, 11) is 0. The quantitative estimate of drug-likeness (QED) is 0.933. The van der Waals surface area contributed by atoms with Gasteiger partial charge in [0.25, 0.3) is 0 Å². The van der Waals surface area contributed by atoms with E-state index in [0.717, 1.165) is 16.7 Å². The number of halogens is 1. The lowest BCUT2D eigenvalue weighted by Gasteiger charge is -2.24. The third kappa shape index (κ3) is 2.20. The molecule has 0 spiro atoms. The standard InChI is InChI=1S/C17H15ClO2/c18-15-8-4-3-7-14(15)11-17(16(19)20)9-12-5-1-2-6-13(12)10-17/h1-8H,9-11H2,(H,19,20). The zero-order chi connectivity index (χ0) is 14.2. The topological polar surface area (TPSA) is 37.3 Å². The van der Waals surface area contributed by atoms with Crippen LogP contribution >= 0.6 is 11.6 Å². The summed E-state index contributed by atoms with van der Waals surface area (Å²) in [5.74, 6) is -0.742. The van der Waals surface area contributed by atoms with Crippen LogP contribution in [0.3, 0.4) is 0 Å². The third-order valence-corrected chi connectivity index (χ3v) is 4.49. The molecule has 2 aromatic rings. The van der Waals surface area contributed by atoms with Crippen molar-refractivity contribution in [3.8, 4) is 0 Å². The number of fused-ring (bicyclic) bond motifs is 1. The van der Waals surface area contributed by atoms with Crippen LogP contribution < -0.4 is 0 Å². The fourth-order valence-electron chi connectivity index (χ4n) is 3.05. The molecule has 0 unspecified atom stereocenters. The Morgan fingerprint density at radius 2 is 1.60 bits per heavy atom. The Labute approximate surface area is 123 Å². The number of benzene rings is 2. The maximum Gasteiger partial charge on any atom is 0.310 e. The summed E-state index contributed by atoms with van der Waals surface area (Å²) < 4.78 is 0. The maximum absolute atomic E-state index is 11.9. The first-order valence-electron chi connectivity index (χ1n) is 6.64.